The molecule has 152 valence electrons. The Kier molecular flexibility index (Phi) is 5.69. The lowest BCUT2D eigenvalue weighted by atomic mass is 10.0. The monoisotopic (exact) mass is 394 g/mol. The lowest BCUT2D eigenvalue weighted by Gasteiger charge is -2.25. The van der Waals surface area contributed by atoms with Gasteiger partial charge in [-0.2, -0.15) is 0 Å². The Morgan fingerprint density at radius 1 is 1.17 bits per heavy atom. The summed E-state index contributed by atoms with van der Waals surface area (Å²) in [4.78, 5) is 26.9. The van der Waals surface area contributed by atoms with Gasteiger partial charge in [-0.25, -0.2) is 4.79 Å². The summed E-state index contributed by atoms with van der Waals surface area (Å²) in [5.74, 6) is 0.624. The van der Waals surface area contributed by atoms with E-state index in [0.29, 0.717) is 31.6 Å². The second kappa shape index (κ2) is 8.55. The average Bonchev–Trinajstić information content (AvgIpc) is 3.34. The van der Waals surface area contributed by atoms with E-state index in [1.165, 1.54) is 0 Å². The molecule has 0 saturated carbocycles. The third kappa shape index (κ3) is 4.06. The Hall–Kier alpha value is -3.02. The molecule has 2 heterocycles. The zero-order valence-electron chi connectivity index (χ0n) is 16.7. The van der Waals surface area contributed by atoms with Crippen LogP contribution in [-0.2, 0) is 11.3 Å². The van der Waals surface area contributed by atoms with Gasteiger partial charge in [0, 0.05) is 19.5 Å². The minimum Gasteiger partial charge on any atom is -0.494 e. The number of aromatic nitrogens is 1. The van der Waals surface area contributed by atoms with Crippen molar-refractivity contribution in [3.8, 4) is 5.75 Å². The number of hydrogen-bond donors (Lipinski definition) is 0. The largest absolute Gasteiger partial charge is 0.494 e. The maximum atomic E-state index is 12.9. The molecule has 0 spiro atoms. The maximum Gasteiger partial charge on any atom is 0.419 e. The molecule has 0 aliphatic carbocycles. The molecule has 0 bridgehead atoms. The highest BCUT2D eigenvalue weighted by atomic mass is 16.5. The van der Waals surface area contributed by atoms with Gasteiger partial charge in [0.1, 0.15) is 5.75 Å². The minimum absolute atomic E-state index is 0.121. The molecule has 29 heavy (non-hydrogen) atoms. The fourth-order valence-corrected chi connectivity index (χ4v) is 4.12. The van der Waals surface area contributed by atoms with Gasteiger partial charge in [-0.15, -0.1) is 0 Å². The number of ether oxygens (including phenoxy) is 1. The van der Waals surface area contributed by atoms with Gasteiger partial charge in [-0.3, -0.25) is 9.36 Å². The number of fused-ring (bicyclic) bond motifs is 1. The van der Waals surface area contributed by atoms with E-state index in [1.54, 1.807) is 10.6 Å². The first-order valence-corrected chi connectivity index (χ1v) is 10.3. The summed E-state index contributed by atoms with van der Waals surface area (Å²) < 4.78 is 12.4. The fourth-order valence-electron chi connectivity index (χ4n) is 4.12. The summed E-state index contributed by atoms with van der Waals surface area (Å²) in [5.41, 5.74) is 2.51. The van der Waals surface area contributed by atoms with Crippen LogP contribution in [0.4, 0.5) is 0 Å². The quantitative estimate of drug-likeness (QED) is 0.604. The molecule has 1 aromatic heterocycles. The second-order valence-corrected chi connectivity index (χ2v) is 7.34. The topological polar surface area (TPSA) is 64.7 Å². The average molecular weight is 394 g/mol. The van der Waals surface area contributed by atoms with E-state index in [1.807, 2.05) is 42.2 Å². The molecule has 1 aliphatic heterocycles. The minimum atomic E-state index is -0.368. The maximum absolute atomic E-state index is 12.9. The van der Waals surface area contributed by atoms with Crippen LogP contribution in [-0.4, -0.2) is 28.5 Å². The summed E-state index contributed by atoms with van der Waals surface area (Å²) in [6.45, 7) is 3.86. The second-order valence-electron chi connectivity index (χ2n) is 7.34. The summed E-state index contributed by atoms with van der Waals surface area (Å²) in [7, 11) is 0. The van der Waals surface area contributed by atoms with Crippen LogP contribution >= 0.6 is 0 Å². The van der Waals surface area contributed by atoms with Gasteiger partial charge in [0.05, 0.1) is 18.2 Å². The predicted molar refractivity (Wildman–Crippen MR) is 111 cm³/mol. The van der Waals surface area contributed by atoms with E-state index in [-0.39, 0.29) is 17.7 Å². The third-order valence-corrected chi connectivity index (χ3v) is 5.50. The van der Waals surface area contributed by atoms with Gasteiger partial charge in [-0.05, 0) is 56.0 Å². The molecule has 1 unspecified atom stereocenters. The number of carbonyl (C=O) groups excluding carboxylic acids is 1. The van der Waals surface area contributed by atoms with Crippen LogP contribution in [0.25, 0.3) is 11.1 Å². The lowest BCUT2D eigenvalue weighted by molar-refractivity contribution is -0.132. The molecular formula is C23H26N2O4. The molecule has 1 aliphatic rings. The van der Waals surface area contributed by atoms with Crippen molar-refractivity contribution >= 4 is 17.0 Å². The Bertz CT molecular complexity index is 1030. The van der Waals surface area contributed by atoms with Crippen LogP contribution in [0.3, 0.4) is 0 Å². The molecule has 3 aromatic rings. The van der Waals surface area contributed by atoms with Crippen molar-refractivity contribution in [1.82, 2.24) is 9.47 Å². The number of nitrogens with zero attached hydrogens (tertiary/aromatic N) is 2. The fraction of sp³-hybridized carbons (Fsp3) is 0.391. The number of benzene rings is 2. The molecule has 6 nitrogen and oxygen atoms in total. The highest BCUT2D eigenvalue weighted by Crippen LogP contribution is 2.33. The van der Waals surface area contributed by atoms with Gasteiger partial charge in [0.2, 0.25) is 5.91 Å². The van der Waals surface area contributed by atoms with Crippen LogP contribution < -0.4 is 10.5 Å². The van der Waals surface area contributed by atoms with Crippen molar-refractivity contribution < 1.29 is 13.9 Å². The van der Waals surface area contributed by atoms with Crippen LogP contribution in [0.1, 0.15) is 44.2 Å². The SMILES string of the molecule is CCOc1ccc(C2CCCN2C(=O)CCCn2c(=O)oc3ccccc32)cc1. The third-order valence-electron chi connectivity index (χ3n) is 5.50. The predicted octanol–water partition coefficient (Wildman–Crippen LogP) is 4.14. The van der Waals surface area contributed by atoms with Crippen molar-refractivity contribution in [2.75, 3.05) is 13.2 Å². The van der Waals surface area contributed by atoms with Crippen LogP contribution in [0.5, 0.6) is 5.75 Å². The molecule has 0 radical (unpaired) electrons. The molecule has 1 fully saturated rings. The highest BCUT2D eigenvalue weighted by Gasteiger charge is 2.29. The highest BCUT2D eigenvalue weighted by molar-refractivity contribution is 5.77. The van der Waals surface area contributed by atoms with E-state index in [2.05, 4.69) is 12.1 Å². The number of para-hydroxylation sites is 2. The zero-order valence-corrected chi connectivity index (χ0v) is 16.7. The Balaban J connectivity index is 1.38. The van der Waals surface area contributed by atoms with Crippen molar-refractivity contribution in [1.29, 1.82) is 0 Å². The molecule has 1 saturated heterocycles. The van der Waals surface area contributed by atoms with Crippen molar-refractivity contribution in [3.63, 3.8) is 0 Å². The number of carbonyl (C=O) groups is 1. The van der Waals surface area contributed by atoms with Gasteiger partial charge < -0.3 is 14.1 Å². The standard InChI is InChI=1S/C23H26N2O4/c1-2-28-18-13-11-17(12-14-18)19-8-5-15-24(19)22(26)10-6-16-25-20-7-3-4-9-21(20)29-23(25)27/h3-4,7,9,11-14,19H,2,5-6,8,10,15-16H2,1H3. The zero-order chi connectivity index (χ0) is 20.2. The number of hydrogen-bond acceptors (Lipinski definition) is 4. The molecule has 1 amide bonds. The Morgan fingerprint density at radius 3 is 2.76 bits per heavy atom. The van der Waals surface area contributed by atoms with E-state index in [4.69, 9.17) is 9.15 Å². The summed E-state index contributed by atoms with van der Waals surface area (Å²) in [5, 5.41) is 0. The van der Waals surface area contributed by atoms with Crippen LogP contribution in [0.2, 0.25) is 0 Å². The van der Waals surface area contributed by atoms with Gasteiger partial charge >= 0.3 is 5.76 Å². The van der Waals surface area contributed by atoms with E-state index < -0.39 is 0 Å². The summed E-state index contributed by atoms with van der Waals surface area (Å²) in [6, 6.07) is 15.5. The molecular weight excluding hydrogens is 368 g/mol. The van der Waals surface area contributed by atoms with Crippen LogP contribution in [0.15, 0.2) is 57.7 Å². The Labute approximate surface area is 169 Å². The summed E-state index contributed by atoms with van der Waals surface area (Å²) in [6.07, 6.45) is 3.01. The summed E-state index contributed by atoms with van der Waals surface area (Å²) >= 11 is 0. The number of oxazole rings is 1. The molecule has 4 rings (SSSR count). The lowest BCUT2D eigenvalue weighted by Crippen LogP contribution is -2.30. The van der Waals surface area contributed by atoms with Crippen LogP contribution in [0, 0.1) is 0 Å². The van der Waals surface area contributed by atoms with Gasteiger partial charge in [0.25, 0.3) is 0 Å². The number of rotatable bonds is 7. The normalized spacial score (nSPS) is 16.4. The smallest absolute Gasteiger partial charge is 0.419 e. The van der Waals surface area contributed by atoms with E-state index in [9.17, 15) is 9.59 Å². The number of amides is 1. The van der Waals surface area contributed by atoms with E-state index in [0.717, 1.165) is 36.2 Å². The molecule has 0 N–H and O–H groups in total. The van der Waals surface area contributed by atoms with Crippen molar-refractivity contribution in [2.24, 2.45) is 0 Å². The van der Waals surface area contributed by atoms with Gasteiger partial charge in [0.15, 0.2) is 5.58 Å². The first kappa shape index (κ1) is 19.3. The van der Waals surface area contributed by atoms with E-state index >= 15 is 0 Å². The molecule has 6 heteroatoms. The Morgan fingerprint density at radius 2 is 1.97 bits per heavy atom. The molecule has 2 aromatic carbocycles. The van der Waals surface area contributed by atoms with Gasteiger partial charge in [-0.1, -0.05) is 24.3 Å². The number of likely N-dealkylation sites (tertiary alicyclic amines) is 1. The first-order chi connectivity index (χ1) is 14.2. The number of aryl methyl sites for hydroxylation is 1. The molecule has 1 atom stereocenters. The van der Waals surface area contributed by atoms with Crippen molar-refractivity contribution in [3.05, 3.63) is 64.6 Å². The van der Waals surface area contributed by atoms with Crippen molar-refractivity contribution in [2.45, 2.75) is 45.2 Å². The first-order valence-electron chi connectivity index (χ1n) is 10.3.